The first kappa shape index (κ1) is 12.9. The van der Waals surface area contributed by atoms with Gasteiger partial charge in [-0.15, -0.1) is 4.73 Å². The summed E-state index contributed by atoms with van der Waals surface area (Å²) in [7, 11) is 0. The Labute approximate surface area is 109 Å². The van der Waals surface area contributed by atoms with Crippen LogP contribution in [0.15, 0.2) is 30.6 Å². The van der Waals surface area contributed by atoms with Crippen molar-refractivity contribution in [2.24, 2.45) is 0 Å². The number of nitrogens with zero attached hydrogens (tertiary/aromatic N) is 2. The molecule has 0 atom stereocenters. The molecule has 0 unspecified atom stereocenters. The normalized spacial score (nSPS) is 10.7. The van der Waals surface area contributed by atoms with Crippen LogP contribution in [-0.4, -0.2) is 25.9 Å². The van der Waals surface area contributed by atoms with Crippen LogP contribution < -0.4 is 4.84 Å². The number of carbonyl (C=O) groups excluding carboxylic acids is 1. The van der Waals surface area contributed by atoms with E-state index in [1.165, 1.54) is 18.3 Å². The van der Waals surface area contributed by atoms with Gasteiger partial charge in [-0.25, -0.2) is 4.79 Å². The highest BCUT2D eigenvalue weighted by molar-refractivity contribution is 5.89. The summed E-state index contributed by atoms with van der Waals surface area (Å²) < 4.78 is 0.643. The summed E-state index contributed by atoms with van der Waals surface area (Å²) in [6.07, 6.45) is 3.04. The Morgan fingerprint density at radius 3 is 2.47 bits per heavy atom. The Kier molecular flexibility index (Phi) is 3.41. The van der Waals surface area contributed by atoms with Crippen molar-refractivity contribution in [2.75, 3.05) is 0 Å². The Balaban J connectivity index is 2.23. The Hall–Kier alpha value is -2.50. The van der Waals surface area contributed by atoms with Crippen molar-refractivity contribution < 1.29 is 19.8 Å². The molecule has 0 aliphatic carbocycles. The fourth-order valence-electron chi connectivity index (χ4n) is 1.52. The van der Waals surface area contributed by atoms with Gasteiger partial charge < -0.3 is 15.1 Å². The summed E-state index contributed by atoms with van der Waals surface area (Å²) in [4.78, 5) is 20.7. The molecule has 0 saturated heterocycles. The number of hydrogen-bond donors (Lipinski definition) is 2. The number of pyridine rings is 1. The van der Waals surface area contributed by atoms with Gasteiger partial charge in [0, 0.05) is 24.5 Å². The van der Waals surface area contributed by atoms with Crippen molar-refractivity contribution in [1.29, 1.82) is 0 Å². The molecule has 2 heterocycles. The molecular weight excluding hydrogens is 248 g/mol. The maximum absolute atomic E-state index is 11.9. The molecule has 0 bridgehead atoms. The summed E-state index contributed by atoms with van der Waals surface area (Å²) in [5, 5.41) is 18.8. The minimum atomic E-state index is -0.711. The minimum Gasteiger partial charge on any atom is -0.492 e. The molecule has 0 aliphatic heterocycles. The predicted octanol–water partition coefficient (Wildman–Crippen LogP) is 1.69. The van der Waals surface area contributed by atoms with Gasteiger partial charge in [0.2, 0.25) is 11.8 Å². The first-order valence-electron chi connectivity index (χ1n) is 5.76. The lowest BCUT2D eigenvalue weighted by Crippen LogP contribution is -2.19. The largest absolute Gasteiger partial charge is 0.492 e. The van der Waals surface area contributed by atoms with E-state index in [1.807, 2.05) is 13.8 Å². The summed E-state index contributed by atoms with van der Waals surface area (Å²) in [6.45, 7) is 3.96. The second kappa shape index (κ2) is 5.01. The topological polar surface area (TPSA) is 84.6 Å². The number of aromatic hydroxyl groups is 2. The highest BCUT2D eigenvalue weighted by atomic mass is 16.7. The van der Waals surface area contributed by atoms with Crippen LogP contribution >= 0.6 is 0 Å². The number of rotatable bonds is 3. The lowest BCUT2D eigenvalue weighted by atomic mass is 10.0. The molecule has 2 N–H and O–H groups in total. The lowest BCUT2D eigenvalue weighted by Gasteiger charge is -2.08. The van der Waals surface area contributed by atoms with E-state index < -0.39 is 5.97 Å². The fourth-order valence-corrected chi connectivity index (χ4v) is 1.52. The van der Waals surface area contributed by atoms with Gasteiger partial charge in [-0.1, -0.05) is 13.8 Å². The molecule has 0 aromatic carbocycles. The molecule has 0 radical (unpaired) electrons. The summed E-state index contributed by atoms with van der Waals surface area (Å²) in [6, 6.07) is 4.09. The molecule has 100 valence electrons. The molecule has 0 spiro atoms. The van der Waals surface area contributed by atoms with Crippen LogP contribution in [0.1, 0.15) is 35.7 Å². The maximum Gasteiger partial charge on any atom is 0.365 e. The van der Waals surface area contributed by atoms with Crippen molar-refractivity contribution in [3.63, 3.8) is 0 Å². The van der Waals surface area contributed by atoms with Crippen LogP contribution in [-0.2, 0) is 0 Å². The van der Waals surface area contributed by atoms with Crippen LogP contribution in [0.4, 0.5) is 0 Å². The molecule has 2 aromatic rings. The Morgan fingerprint density at radius 1 is 1.26 bits per heavy atom. The molecule has 6 nitrogen and oxygen atoms in total. The van der Waals surface area contributed by atoms with E-state index in [4.69, 9.17) is 4.84 Å². The summed E-state index contributed by atoms with van der Waals surface area (Å²) in [5.74, 6) is -1.21. The molecule has 0 saturated carbocycles. The first-order chi connectivity index (χ1) is 8.99. The molecular formula is C13H14N2O4. The SMILES string of the molecule is CC(C)c1cncc(C(=O)On2c(O)ccc2O)c1. The van der Waals surface area contributed by atoms with Gasteiger partial charge in [0.05, 0.1) is 5.56 Å². The quantitative estimate of drug-likeness (QED) is 0.879. The van der Waals surface area contributed by atoms with Crippen LogP contribution in [0.25, 0.3) is 0 Å². The van der Waals surface area contributed by atoms with Crippen molar-refractivity contribution in [3.8, 4) is 11.8 Å². The molecule has 0 fully saturated rings. The fraction of sp³-hybridized carbons (Fsp3) is 0.231. The van der Waals surface area contributed by atoms with Crippen LogP contribution in [0.2, 0.25) is 0 Å². The Bertz CT molecular complexity index is 585. The van der Waals surface area contributed by atoms with Gasteiger partial charge in [0.25, 0.3) is 0 Å². The first-order valence-corrected chi connectivity index (χ1v) is 5.76. The molecule has 0 aliphatic rings. The van der Waals surface area contributed by atoms with Crippen LogP contribution in [0, 0.1) is 0 Å². The highest BCUT2D eigenvalue weighted by Gasteiger charge is 2.15. The van der Waals surface area contributed by atoms with Crippen molar-refractivity contribution >= 4 is 5.97 Å². The van der Waals surface area contributed by atoms with Gasteiger partial charge in [0.1, 0.15) is 0 Å². The minimum absolute atomic E-state index is 0.230. The van der Waals surface area contributed by atoms with E-state index in [1.54, 1.807) is 12.3 Å². The van der Waals surface area contributed by atoms with E-state index in [-0.39, 0.29) is 23.2 Å². The summed E-state index contributed by atoms with van der Waals surface area (Å²) >= 11 is 0. The standard InChI is InChI=1S/C13H14N2O4/c1-8(2)9-5-10(7-14-6-9)13(18)19-15-11(16)3-4-12(15)17/h3-8,16-17H,1-2H3. The number of aromatic nitrogens is 2. The van der Waals surface area contributed by atoms with Gasteiger partial charge in [-0.2, -0.15) is 0 Å². The lowest BCUT2D eigenvalue weighted by molar-refractivity contribution is 0.0381. The smallest absolute Gasteiger partial charge is 0.365 e. The third kappa shape index (κ3) is 2.67. The predicted molar refractivity (Wildman–Crippen MR) is 67.0 cm³/mol. The van der Waals surface area contributed by atoms with E-state index in [9.17, 15) is 15.0 Å². The highest BCUT2D eigenvalue weighted by Crippen LogP contribution is 2.20. The third-order valence-electron chi connectivity index (χ3n) is 2.63. The average molecular weight is 262 g/mol. The van der Waals surface area contributed by atoms with Crippen LogP contribution in [0.5, 0.6) is 11.8 Å². The van der Waals surface area contributed by atoms with E-state index in [0.717, 1.165) is 5.56 Å². The molecule has 6 heteroatoms. The molecule has 19 heavy (non-hydrogen) atoms. The number of carbonyl (C=O) groups is 1. The van der Waals surface area contributed by atoms with Gasteiger partial charge in [0.15, 0.2) is 0 Å². The van der Waals surface area contributed by atoms with Gasteiger partial charge >= 0.3 is 5.97 Å². The third-order valence-corrected chi connectivity index (χ3v) is 2.63. The van der Waals surface area contributed by atoms with Crippen molar-refractivity contribution in [1.82, 2.24) is 9.71 Å². The van der Waals surface area contributed by atoms with E-state index in [0.29, 0.717) is 4.73 Å². The van der Waals surface area contributed by atoms with Gasteiger partial charge in [-0.3, -0.25) is 4.98 Å². The van der Waals surface area contributed by atoms with E-state index >= 15 is 0 Å². The van der Waals surface area contributed by atoms with Crippen LogP contribution in [0.3, 0.4) is 0 Å². The van der Waals surface area contributed by atoms with Crippen molar-refractivity contribution in [2.45, 2.75) is 19.8 Å². The molecule has 0 amide bonds. The average Bonchev–Trinajstić information content (AvgIpc) is 2.70. The Morgan fingerprint density at radius 2 is 1.89 bits per heavy atom. The second-order valence-corrected chi connectivity index (χ2v) is 4.38. The molecule has 2 aromatic heterocycles. The second-order valence-electron chi connectivity index (χ2n) is 4.38. The molecule has 2 rings (SSSR count). The maximum atomic E-state index is 11.9. The van der Waals surface area contributed by atoms with Crippen molar-refractivity contribution in [3.05, 3.63) is 41.7 Å². The number of hydrogen-bond acceptors (Lipinski definition) is 5. The summed E-state index contributed by atoms with van der Waals surface area (Å²) in [5.41, 5.74) is 1.15. The zero-order valence-electron chi connectivity index (χ0n) is 10.6. The zero-order valence-corrected chi connectivity index (χ0v) is 10.6. The van der Waals surface area contributed by atoms with E-state index in [2.05, 4.69) is 4.98 Å². The van der Waals surface area contributed by atoms with Gasteiger partial charge in [-0.05, 0) is 17.5 Å². The zero-order chi connectivity index (χ0) is 14.0. The monoisotopic (exact) mass is 262 g/mol.